The first-order chi connectivity index (χ1) is 14.1. The second-order valence-corrected chi connectivity index (χ2v) is 6.67. The van der Waals surface area contributed by atoms with E-state index in [1.165, 1.54) is 19.4 Å². The Hall–Kier alpha value is -3.29. The topological polar surface area (TPSA) is 90.4 Å². The molecule has 4 aromatic rings. The van der Waals surface area contributed by atoms with Crippen molar-refractivity contribution in [3.63, 3.8) is 0 Å². The minimum Gasteiger partial charge on any atom is -0.496 e. The molecule has 9 heteroatoms. The zero-order valence-corrected chi connectivity index (χ0v) is 16.5. The Morgan fingerprint density at radius 2 is 1.90 bits per heavy atom. The van der Waals surface area contributed by atoms with Crippen LogP contribution in [0.15, 0.2) is 63.6 Å². The van der Waals surface area contributed by atoms with Crippen LogP contribution in [0.2, 0.25) is 10.0 Å². The third kappa shape index (κ3) is 3.83. The van der Waals surface area contributed by atoms with E-state index in [9.17, 15) is 4.79 Å². The Kier molecular flexibility index (Phi) is 5.24. The van der Waals surface area contributed by atoms with E-state index in [-0.39, 0.29) is 22.4 Å². The molecule has 146 valence electrons. The zero-order chi connectivity index (χ0) is 20.4. The molecule has 0 fully saturated rings. The van der Waals surface area contributed by atoms with E-state index in [1.807, 2.05) is 0 Å². The SMILES string of the molecule is COc1ccc(Cl)cc1C(=O)Nc1cccc(-c2nnc(-c3ccco3)o2)c1Cl. The number of benzene rings is 2. The molecule has 0 saturated carbocycles. The minimum atomic E-state index is -0.426. The Bertz CT molecular complexity index is 1170. The van der Waals surface area contributed by atoms with Gasteiger partial charge in [-0.15, -0.1) is 10.2 Å². The van der Waals surface area contributed by atoms with E-state index in [4.69, 9.17) is 36.8 Å². The number of nitrogens with zero attached hydrogens (tertiary/aromatic N) is 2. The highest BCUT2D eigenvalue weighted by atomic mass is 35.5. The van der Waals surface area contributed by atoms with Crippen molar-refractivity contribution in [1.82, 2.24) is 10.2 Å². The molecule has 0 aliphatic heterocycles. The van der Waals surface area contributed by atoms with Crippen LogP contribution in [0.1, 0.15) is 10.4 Å². The highest BCUT2D eigenvalue weighted by Gasteiger charge is 2.19. The smallest absolute Gasteiger partial charge is 0.283 e. The van der Waals surface area contributed by atoms with Crippen LogP contribution in [0, 0.1) is 0 Å². The van der Waals surface area contributed by atoms with Crippen molar-refractivity contribution >= 4 is 34.8 Å². The van der Waals surface area contributed by atoms with Crippen molar-refractivity contribution in [3.05, 3.63) is 70.4 Å². The molecule has 2 heterocycles. The van der Waals surface area contributed by atoms with Crippen molar-refractivity contribution in [2.45, 2.75) is 0 Å². The van der Waals surface area contributed by atoms with E-state index in [2.05, 4.69) is 15.5 Å². The lowest BCUT2D eigenvalue weighted by Crippen LogP contribution is -2.13. The lowest BCUT2D eigenvalue weighted by atomic mass is 10.1. The molecule has 29 heavy (non-hydrogen) atoms. The maximum Gasteiger partial charge on any atom is 0.283 e. The van der Waals surface area contributed by atoms with E-state index in [1.54, 1.807) is 42.5 Å². The number of ether oxygens (including phenoxy) is 1. The molecule has 0 saturated heterocycles. The number of aromatic nitrogens is 2. The number of methoxy groups -OCH3 is 1. The van der Waals surface area contributed by atoms with Crippen molar-refractivity contribution in [2.24, 2.45) is 0 Å². The van der Waals surface area contributed by atoms with E-state index in [0.29, 0.717) is 27.8 Å². The van der Waals surface area contributed by atoms with Crippen LogP contribution in [0.25, 0.3) is 23.1 Å². The Balaban J connectivity index is 1.64. The fourth-order valence-electron chi connectivity index (χ4n) is 2.67. The fraction of sp³-hybridized carbons (Fsp3) is 0.0500. The summed E-state index contributed by atoms with van der Waals surface area (Å²) in [7, 11) is 1.47. The molecule has 0 atom stereocenters. The van der Waals surface area contributed by atoms with Gasteiger partial charge >= 0.3 is 0 Å². The normalized spacial score (nSPS) is 10.7. The van der Waals surface area contributed by atoms with Crippen LogP contribution in [0.5, 0.6) is 5.75 Å². The van der Waals surface area contributed by atoms with Crippen molar-refractivity contribution in [1.29, 1.82) is 0 Å². The maximum absolute atomic E-state index is 12.7. The predicted molar refractivity (Wildman–Crippen MR) is 108 cm³/mol. The molecule has 0 unspecified atom stereocenters. The largest absolute Gasteiger partial charge is 0.496 e. The summed E-state index contributed by atoms with van der Waals surface area (Å²) in [5, 5.41) is 11.4. The lowest BCUT2D eigenvalue weighted by molar-refractivity contribution is 0.102. The van der Waals surface area contributed by atoms with E-state index < -0.39 is 5.91 Å². The number of furan rings is 1. The Labute approximate surface area is 175 Å². The van der Waals surface area contributed by atoms with Crippen molar-refractivity contribution < 1.29 is 18.4 Å². The highest BCUT2D eigenvalue weighted by molar-refractivity contribution is 6.36. The summed E-state index contributed by atoms with van der Waals surface area (Å²) in [5.74, 6) is 0.818. The fourth-order valence-corrected chi connectivity index (χ4v) is 3.10. The predicted octanol–water partition coefficient (Wildman–Crippen LogP) is 5.56. The Morgan fingerprint density at radius 1 is 1.07 bits per heavy atom. The third-order valence-corrected chi connectivity index (χ3v) is 4.68. The maximum atomic E-state index is 12.7. The highest BCUT2D eigenvalue weighted by Crippen LogP contribution is 2.35. The number of carbonyl (C=O) groups excluding carboxylic acids is 1. The molecule has 4 rings (SSSR count). The first-order valence-electron chi connectivity index (χ1n) is 8.38. The van der Waals surface area contributed by atoms with Gasteiger partial charge in [-0.2, -0.15) is 0 Å². The molecular formula is C20H13Cl2N3O4. The van der Waals surface area contributed by atoms with Gasteiger partial charge in [0.25, 0.3) is 11.8 Å². The minimum absolute atomic E-state index is 0.192. The summed E-state index contributed by atoms with van der Waals surface area (Å²) in [4.78, 5) is 12.7. The van der Waals surface area contributed by atoms with Gasteiger partial charge in [-0.25, -0.2) is 0 Å². The first-order valence-corrected chi connectivity index (χ1v) is 9.13. The summed E-state index contributed by atoms with van der Waals surface area (Å²) >= 11 is 12.5. The summed E-state index contributed by atoms with van der Waals surface area (Å²) in [6.45, 7) is 0. The van der Waals surface area contributed by atoms with E-state index in [0.717, 1.165) is 0 Å². The van der Waals surface area contributed by atoms with Crippen molar-refractivity contribution in [3.8, 4) is 28.9 Å². The van der Waals surface area contributed by atoms with Gasteiger partial charge in [-0.05, 0) is 42.5 Å². The van der Waals surface area contributed by atoms with Gasteiger partial charge in [0, 0.05) is 5.02 Å². The number of halogens is 2. The summed E-state index contributed by atoms with van der Waals surface area (Å²) < 4.78 is 16.1. The summed E-state index contributed by atoms with van der Waals surface area (Å²) in [6, 6.07) is 13.3. The number of rotatable bonds is 5. The molecule has 2 aromatic heterocycles. The quantitative estimate of drug-likeness (QED) is 0.446. The average molecular weight is 430 g/mol. The van der Waals surface area contributed by atoms with Gasteiger partial charge in [-0.1, -0.05) is 29.3 Å². The monoisotopic (exact) mass is 429 g/mol. The molecule has 0 aliphatic rings. The summed E-state index contributed by atoms with van der Waals surface area (Å²) in [5.41, 5.74) is 1.11. The third-order valence-electron chi connectivity index (χ3n) is 4.04. The molecule has 0 spiro atoms. The molecule has 1 amide bonds. The molecule has 0 aliphatic carbocycles. The number of hydrogen-bond donors (Lipinski definition) is 1. The molecular weight excluding hydrogens is 417 g/mol. The van der Waals surface area contributed by atoms with Crippen LogP contribution in [-0.2, 0) is 0 Å². The summed E-state index contributed by atoms with van der Waals surface area (Å²) in [6.07, 6.45) is 1.51. The van der Waals surface area contributed by atoms with Gasteiger partial charge in [0.05, 0.1) is 35.2 Å². The molecule has 0 bridgehead atoms. The van der Waals surface area contributed by atoms with Crippen LogP contribution in [0.3, 0.4) is 0 Å². The number of carbonyl (C=O) groups is 1. The van der Waals surface area contributed by atoms with Gasteiger partial charge in [0.15, 0.2) is 5.76 Å². The average Bonchev–Trinajstić information content (AvgIpc) is 3.41. The van der Waals surface area contributed by atoms with Gasteiger partial charge in [0.2, 0.25) is 5.89 Å². The van der Waals surface area contributed by atoms with Crippen LogP contribution >= 0.6 is 23.2 Å². The van der Waals surface area contributed by atoms with Crippen LogP contribution in [0.4, 0.5) is 5.69 Å². The molecule has 2 aromatic carbocycles. The number of hydrogen-bond acceptors (Lipinski definition) is 6. The van der Waals surface area contributed by atoms with Gasteiger partial charge < -0.3 is 18.9 Å². The number of amides is 1. The standard InChI is InChI=1S/C20H13Cl2N3O4/c1-27-15-8-7-11(21)10-13(15)18(26)23-14-5-2-4-12(17(14)22)19-24-25-20(29-19)16-6-3-9-28-16/h2-10H,1H3,(H,23,26). The van der Waals surface area contributed by atoms with Gasteiger partial charge in [-0.3, -0.25) is 4.79 Å². The zero-order valence-electron chi connectivity index (χ0n) is 15.0. The Morgan fingerprint density at radius 3 is 2.66 bits per heavy atom. The second kappa shape index (κ2) is 7.98. The second-order valence-electron chi connectivity index (χ2n) is 5.86. The number of nitrogens with one attached hydrogen (secondary N) is 1. The first kappa shape index (κ1) is 19.0. The number of anilines is 1. The van der Waals surface area contributed by atoms with Crippen LogP contribution in [-0.4, -0.2) is 23.2 Å². The van der Waals surface area contributed by atoms with E-state index >= 15 is 0 Å². The molecule has 0 radical (unpaired) electrons. The van der Waals surface area contributed by atoms with Gasteiger partial charge in [0.1, 0.15) is 5.75 Å². The molecule has 7 nitrogen and oxygen atoms in total. The molecule has 1 N–H and O–H groups in total. The lowest BCUT2D eigenvalue weighted by Gasteiger charge is -2.12. The van der Waals surface area contributed by atoms with Crippen molar-refractivity contribution in [2.75, 3.05) is 12.4 Å². The van der Waals surface area contributed by atoms with Crippen LogP contribution < -0.4 is 10.1 Å².